The fourth-order valence-corrected chi connectivity index (χ4v) is 3.88. The predicted molar refractivity (Wildman–Crippen MR) is 112 cm³/mol. The molecule has 5 heteroatoms. The number of ether oxygens (including phenoxy) is 1. The van der Waals surface area contributed by atoms with E-state index < -0.39 is 0 Å². The van der Waals surface area contributed by atoms with E-state index in [1.807, 2.05) is 54.3 Å². The second kappa shape index (κ2) is 8.52. The van der Waals surface area contributed by atoms with Gasteiger partial charge in [-0.3, -0.25) is 4.79 Å². The quantitative estimate of drug-likeness (QED) is 0.631. The zero-order chi connectivity index (χ0) is 20.2. The van der Waals surface area contributed by atoms with E-state index in [4.69, 9.17) is 9.15 Å². The molecule has 1 fully saturated rings. The monoisotopic (exact) mass is 390 g/mol. The van der Waals surface area contributed by atoms with Gasteiger partial charge in [0.15, 0.2) is 5.69 Å². The molecule has 1 aliphatic heterocycles. The molecule has 0 spiro atoms. The van der Waals surface area contributed by atoms with Crippen LogP contribution < -0.4 is 4.74 Å². The first-order valence-electron chi connectivity index (χ1n) is 10.1. The summed E-state index contributed by atoms with van der Waals surface area (Å²) < 4.78 is 11.0. The third-order valence-electron chi connectivity index (χ3n) is 5.61. The Labute approximate surface area is 171 Å². The lowest BCUT2D eigenvalue weighted by atomic mass is 9.90. The molecule has 0 bridgehead atoms. The maximum atomic E-state index is 13.0. The third kappa shape index (κ3) is 4.34. The van der Waals surface area contributed by atoms with Gasteiger partial charge in [-0.25, -0.2) is 4.98 Å². The Bertz CT molecular complexity index is 956. The van der Waals surface area contributed by atoms with E-state index in [0.29, 0.717) is 23.3 Å². The van der Waals surface area contributed by atoms with Gasteiger partial charge in [0.25, 0.3) is 5.91 Å². The normalized spacial score (nSPS) is 14.8. The van der Waals surface area contributed by atoms with Crippen molar-refractivity contribution in [3.63, 3.8) is 0 Å². The summed E-state index contributed by atoms with van der Waals surface area (Å²) in [7, 11) is 1.68. The van der Waals surface area contributed by atoms with Crippen LogP contribution >= 0.6 is 0 Å². The van der Waals surface area contributed by atoms with Crippen molar-refractivity contribution in [1.82, 2.24) is 9.88 Å². The average molecular weight is 390 g/mol. The van der Waals surface area contributed by atoms with Crippen molar-refractivity contribution in [1.29, 1.82) is 0 Å². The largest absolute Gasteiger partial charge is 0.497 e. The maximum absolute atomic E-state index is 13.0. The van der Waals surface area contributed by atoms with Gasteiger partial charge in [-0.2, -0.15) is 0 Å². The molecule has 2 heterocycles. The van der Waals surface area contributed by atoms with Gasteiger partial charge in [-0.1, -0.05) is 30.3 Å². The van der Waals surface area contributed by atoms with Gasteiger partial charge in [-0.05, 0) is 61.9 Å². The Kier molecular flexibility index (Phi) is 5.65. The van der Waals surface area contributed by atoms with Gasteiger partial charge in [0.2, 0.25) is 5.89 Å². The molecule has 1 aromatic heterocycles. The molecule has 29 heavy (non-hydrogen) atoms. The van der Waals surface area contributed by atoms with E-state index in [9.17, 15) is 4.79 Å². The minimum absolute atomic E-state index is 0.0312. The fraction of sp³-hybridized carbons (Fsp3) is 0.333. The SMILES string of the molecule is COc1ccc(CC2CCN(C(=O)c3nc(-c4ccccc4)oc3C)CC2)cc1. The Morgan fingerprint density at radius 1 is 1.10 bits per heavy atom. The van der Waals surface area contributed by atoms with Crippen molar-refractivity contribution in [2.45, 2.75) is 26.2 Å². The minimum Gasteiger partial charge on any atom is -0.497 e. The van der Waals surface area contributed by atoms with Gasteiger partial charge in [0.05, 0.1) is 7.11 Å². The number of aromatic nitrogens is 1. The van der Waals surface area contributed by atoms with Crippen LogP contribution in [0.5, 0.6) is 5.75 Å². The van der Waals surface area contributed by atoms with Crippen LogP contribution in [0.25, 0.3) is 11.5 Å². The molecule has 0 radical (unpaired) electrons. The van der Waals surface area contributed by atoms with Gasteiger partial charge in [0.1, 0.15) is 11.5 Å². The predicted octanol–water partition coefficient (Wildman–Crippen LogP) is 4.75. The number of nitrogens with zero attached hydrogens (tertiary/aromatic N) is 2. The van der Waals surface area contributed by atoms with E-state index in [-0.39, 0.29) is 5.91 Å². The summed E-state index contributed by atoms with van der Waals surface area (Å²) >= 11 is 0. The first-order valence-corrected chi connectivity index (χ1v) is 10.1. The highest BCUT2D eigenvalue weighted by atomic mass is 16.5. The van der Waals surface area contributed by atoms with Crippen LogP contribution in [0.2, 0.25) is 0 Å². The molecule has 5 nitrogen and oxygen atoms in total. The Hall–Kier alpha value is -3.08. The number of oxazole rings is 1. The van der Waals surface area contributed by atoms with Gasteiger partial charge < -0.3 is 14.1 Å². The zero-order valence-corrected chi connectivity index (χ0v) is 16.9. The summed E-state index contributed by atoms with van der Waals surface area (Å²) in [5.41, 5.74) is 2.63. The van der Waals surface area contributed by atoms with Crippen LogP contribution in [0, 0.1) is 12.8 Å². The fourth-order valence-electron chi connectivity index (χ4n) is 3.88. The lowest BCUT2D eigenvalue weighted by molar-refractivity contribution is 0.0683. The number of carbonyl (C=O) groups is 1. The Morgan fingerprint density at radius 2 is 1.79 bits per heavy atom. The number of amides is 1. The van der Waals surface area contributed by atoms with Crippen LogP contribution in [0.15, 0.2) is 59.0 Å². The molecular formula is C24H26N2O3. The average Bonchev–Trinajstić information content (AvgIpc) is 3.16. The maximum Gasteiger partial charge on any atom is 0.276 e. The van der Waals surface area contributed by atoms with Gasteiger partial charge in [0, 0.05) is 18.7 Å². The van der Waals surface area contributed by atoms with Crippen molar-refractivity contribution in [2.75, 3.05) is 20.2 Å². The third-order valence-corrected chi connectivity index (χ3v) is 5.61. The summed E-state index contributed by atoms with van der Waals surface area (Å²) in [6.07, 6.45) is 3.04. The zero-order valence-electron chi connectivity index (χ0n) is 16.9. The number of piperidine rings is 1. The van der Waals surface area contributed by atoms with Crippen LogP contribution in [0.4, 0.5) is 0 Å². The van der Waals surface area contributed by atoms with Crippen molar-refractivity contribution in [3.8, 4) is 17.2 Å². The summed E-state index contributed by atoms with van der Waals surface area (Å²) in [5, 5.41) is 0. The molecular weight excluding hydrogens is 364 g/mol. The molecule has 1 amide bonds. The lowest BCUT2D eigenvalue weighted by Gasteiger charge is -2.31. The number of methoxy groups -OCH3 is 1. The number of benzene rings is 2. The first-order chi connectivity index (χ1) is 14.1. The van der Waals surface area contributed by atoms with E-state index in [1.54, 1.807) is 7.11 Å². The molecule has 150 valence electrons. The Balaban J connectivity index is 1.37. The molecule has 2 aromatic carbocycles. The molecule has 4 rings (SSSR count). The van der Waals surface area contributed by atoms with Crippen molar-refractivity contribution in [3.05, 3.63) is 71.6 Å². The molecule has 3 aromatic rings. The van der Waals surface area contributed by atoms with Crippen LogP contribution in [-0.4, -0.2) is 36.0 Å². The molecule has 0 atom stereocenters. The van der Waals surface area contributed by atoms with E-state index in [0.717, 1.165) is 43.7 Å². The molecule has 1 aliphatic rings. The number of hydrogen-bond acceptors (Lipinski definition) is 4. The number of rotatable bonds is 5. The second-order valence-electron chi connectivity index (χ2n) is 7.58. The summed E-state index contributed by atoms with van der Waals surface area (Å²) in [6, 6.07) is 17.9. The van der Waals surface area contributed by atoms with Crippen LogP contribution in [-0.2, 0) is 6.42 Å². The standard InChI is InChI=1S/C24H26N2O3/c1-17-22(25-23(29-17)20-6-4-3-5-7-20)24(27)26-14-12-19(13-15-26)16-18-8-10-21(28-2)11-9-18/h3-11,19H,12-16H2,1-2H3. The topological polar surface area (TPSA) is 55.6 Å². The highest BCUT2D eigenvalue weighted by Crippen LogP contribution is 2.26. The van der Waals surface area contributed by atoms with Gasteiger partial charge >= 0.3 is 0 Å². The number of aryl methyl sites for hydroxylation is 1. The minimum atomic E-state index is -0.0312. The van der Waals surface area contributed by atoms with Crippen molar-refractivity contribution >= 4 is 5.91 Å². The smallest absolute Gasteiger partial charge is 0.276 e. The highest BCUT2D eigenvalue weighted by molar-refractivity contribution is 5.93. The van der Waals surface area contributed by atoms with E-state index >= 15 is 0 Å². The van der Waals surface area contributed by atoms with Crippen LogP contribution in [0.1, 0.15) is 34.7 Å². The highest BCUT2D eigenvalue weighted by Gasteiger charge is 2.27. The summed E-state index contributed by atoms with van der Waals surface area (Å²) in [4.78, 5) is 19.4. The number of carbonyl (C=O) groups excluding carboxylic acids is 1. The lowest BCUT2D eigenvalue weighted by Crippen LogP contribution is -2.39. The molecule has 0 unspecified atom stereocenters. The second-order valence-corrected chi connectivity index (χ2v) is 7.58. The number of hydrogen-bond donors (Lipinski definition) is 0. The Morgan fingerprint density at radius 3 is 2.45 bits per heavy atom. The van der Waals surface area contributed by atoms with Crippen molar-refractivity contribution < 1.29 is 13.9 Å². The van der Waals surface area contributed by atoms with Crippen LogP contribution in [0.3, 0.4) is 0 Å². The summed E-state index contributed by atoms with van der Waals surface area (Å²) in [5.74, 6) is 2.52. The number of likely N-dealkylation sites (tertiary alicyclic amines) is 1. The molecule has 0 N–H and O–H groups in total. The van der Waals surface area contributed by atoms with E-state index in [1.165, 1.54) is 5.56 Å². The summed E-state index contributed by atoms with van der Waals surface area (Å²) in [6.45, 7) is 3.32. The van der Waals surface area contributed by atoms with Crippen molar-refractivity contribution in [2.24, 2.45) is 5.92 Å². The molecule has 1 saturated heterocycles. The van der Waals surface area contributed by atoms with Gasteiger partial charge in [-0.15, -0.1) is 0 Å². The van der Waals surface area contributed by atoms with E-state index in [2.05, 4.69) is 17.1 Å². The molecule has 0 aliphatic carbocycles. The molecule has 0 saturated carbocycles. The first kappa shape index (κ1) is 19.2.